The summed E-state index contributed by atoms with van der Waals surface area (Å²) in [7, 11) is 0. The van der Waals surface area contributed by atoms with E-state index in [4.69, 9.17) is 11.6 Å². The molecule has 1 aromatic carbocycles. The van der Waals surface area contributed by atoms with Crippen LogP contribution in [0.1, 0.15) is 29.4 Å². The smallest absolute Gasteiger partial charge is 0.128 e. The van der Waals surface area contributed by atoms with Crippen LogP contribution in [0.3, 0.4) is 0 Å². The minimum atomic E-state index is -0.254. The fraction of sp³-hybridized carbons (Fsp3) is 0.400. The van der Waals surface area contributed by atoms with Crippen LogP contribution in [0.4, 0.5) is 4.39 Å². The molecule has 0 aliphatic heterocycles. The van der Waals surface area contributed by atoms with Gasteiger partial charge in [-0.3, -0.25) is 4.68 Å². The summed E-state index contributed by atoms with van der Waals surface area (Å²) in [5, 5.41) is 8.33. The monoisotopic (exact) mass is 295 g/mol. The molecule has 108 valence electrons. The van der Waals surface area contributed by atoms with Crippen LogP contribution in [0.25, 0.3) is 0 Å². The molecule has 1 heterocycles. The van der Waals surface area contributed by atoms with Crippen molar-refractivity contribution >= 4 is 11.6 Å². The quantitative estimate of drug-likeness (QED) is 0.915. The third kappa shape index (κ3) is 3.19. The number of hydrogen-bond donors (Lipinski definition) is 1. The average Bonchev–Trinajstić information content (AvgIpc) is 2.67. The molecule has 5 heteroatoms. The van der Waals surface area contributed by atoms with Gasteiger partial charge in [0.1, 0.15) is 5.82 Å². The summed E-state index contributed by atoms with van der Waals surface area (Å²) >= 11 is 5.92. The first-order chi connectivity index (χ1) is 9.52. The van der Waals surface area contributed by atoms with Gasteiger partial charge in [0.25, 0.3) is 0 Å². The van der Waals surface area contributed by atoms with Crippen molar-refractivity contribution in [3.8, 4) is 0 Å². The summed E-state index contributed by atoms with van der Waals surface area (Å²) in [6.45, 7) is 8.14. The molecule has 0 amide bonds. The topological polar surface area (TPSA) is 29.9 Å². The van der Waals surface area contributed by atoms with Crippen molar-refractivity contribution in [1.29, 1.82) is 0 Å². The number of aryl methyl sites for hydroxylation is 1. The molecule has 0 bridgehead atoms. The number of hydrogen-bond acceptors (Lipinski definition) is 2. The molecule has 0 aliphatic rings. The number of benzene rings is 1. The Labute approximate surface area is 123 Å². The van der Waals surface area contributed by atoms with Crippen LogP contribution >= 0.6 is 11.6 Å². The van der Waals surface area contributed by atoms with E-state index in [1.165, 1.54) is 11.6 Å². The largest absolute Gasteiger partial charge is 0.313 e. The van der Waals surface area contributed by atoms with Crippen molar-refractivity contribution in [3.05, 3.63) is 51.6 Å². The van der Waals surface area contributed by atoms with E-state index < -0.39 is 0 Å². The number of halogens is 2. The predicted molar refractivity (Wildman–Crippen MR) is 79.6 cm³/mol. The fourth-order valence-corrected chi connectivity index (χ4v) is 2.41. The highest BCUT2D eigenvalue weighted by molar-refractivity contribution is 6.30. The molecule has 0 unspecified atom stereocenters. The first kappa shape index (κ1) is 15.0. The Morgan fingerprint density at radius 3 is 2.80 bits per heavy atom. The highest BCUT2D eigenvalue weighted by atomic mass is 35.5. The molecule has 2 rings (SSSR count). The van der Waals surface area contributed by atoms with Gasteiger partial charge in [-0.15, -0.1) is 0 Å². The van der Waals surface area contributed by atoms with E-state index in [9.17, 15) is 4.39 Å². The van der Waals surface area contributed by atoms with E-state index in [-0.39, 0.29) is 5.82 Å². The van der Waals surface area contributed by atoms with Crippen molar-refractivity contribution in [3.63, 3.8) is 0 Å². The molecule has 0 atom stereocenters. The Morgan fingerprint density at radius 1 is 1.35 bits per heavy atom. The SMILES string of the molecule is CCNCc1c(C)nn(Cc2cc(Cl)ccc2F)c1C. The van der Waals surface area contributed by atoms with E-state index in [1.807, 2.05) is 18.5 Å². The summed E-state index contributed by atoms with van der Waals surface area (Å²) in [5.74, 6) is -0.254. The van der Waals surface area contributed by atoms with Gasteiger partial charge in [-0.1, -0.05) is 18.5 Å². The predicted octanol–water partition coefficient (Wildman–Crippen LogP) is 3.45. The summed E-state index contributed by atoms with van der Waals surface area (Å²) in [4.78, 5) is 0. The van der Waals surface area contributed by atoms with Crippen LogP contribution in [0, 0.1) is 19.7 Å². The summed E-state index contributed by atoms with van der Waals surface area (Å²) in [5.41, 5.74) is 3.76. The third-order valence-electron chi connectivity index (χ3n) is 3.41. The summed E-state index contributed by atoms with van der Waals surface area (Å²) in [6, 6.07) is 4.60. The molecule has 3 nitrogen and oxygen atoms in total. The maximum atomic E-state index is 13.8. The van der Waals surface area contributed by atoms with Gasteiger partial charge in [-0.2, -0.15) is 5.10 Å². The molecule has 2 aromatic rings. The van der Waals surface area contributed by atoms with Gasteiger partial charge in [0, 0.05) is 28.4 Å². The molecule has 0 spiro atoms. The Kier molecular flexibility index (Phi) is 4.78. The highest BCUT2D eigenvalue weighted by Crippen LogP contribution is 2.19. The molecule has 1 N–H and O–H groups in total. The van der Waals surface area contributed by atoms with Gasteiger partial charge in [0.2, 0.25) is 0 Å². The molecule has 0 saturated heterocycles. The number of aromatic nitrogens is 2. The molecule has 0 saturated carbocycles. The van der Waals surface area contributed by atoms with Crippen LogP contribution in [0.5, 0.6) is 0 Å². The second kappa shape index (κ2) is 6.37. The molecule has 0 radical (unpaired) electrons. The second-order valence-corrected chi connectivity index (χ2v) is 5.26. The first-order valence-electron chi connectivity index (χ1n) is 6.70. The van der Waals surface area contributed by atoms with Crippen molar-refractivity contribution in [2.45, 2.75) is 33.9 Å². The zero-order chi connectivity index (χ0) is 14.7. The van der Waals surface area contributed by atoms with E-state index in [1.54, 1.807) is 12.1 Å². The fourth-order valence-electron chi connectivity index (χ4n) is 2.22. The Hall–Kier alpha value is -1.39. The lowest BCUT2D eigenvalue weighted by molar-refractivity contribution is 0.578. The lowest BCUT2D eigenvalue weighted by Gasteiger charge is -2.07. The average molecular weight is 296 g/mol. The Morgan fingerprint density at radius 2 is 2.10 bits per heavy atom. The standard InChI is InChI=1S/C15H19ClFN3/c1-4-18-8-14-10(2)19-20(11(14)3)9-12-7-13(16)5-6-15(12)17/h5-7,18H,4,8-9H2,1-3H3. The van der Waals surface area contributed by atoms with Crippen molar-refractivity contribution in [1.82, 2.24) is 15.1 Å². The van der Waals surface area contributed by atoms with E-state index in [2.05, 4.69) is 17.3 Å². The minimum absolute atomic E-state index is 0.254. The molecule has 1 aromatic heterocycles. The number of nitrogens with zero attached hydrogens (tertiary/aromatic N) is 2. The number of rotatable bonds is 5. The number of nitrogens with one attached hydrogen (secondary N) is 1. The van der Waals surface area contributed by atoms with Gasteiger partial charge in [-0.05, 0) is 38.6 Å². The molecule has 20 heavy (non-hydrogen) atoms. The van der Waals surface area contributed by atoms with Crippen molar-refractivity contribution in [2.24, 2.45) is 0 Å². The Bertz CT molecular complexity index is 607. The Balaban J connectivity index is 2.27. The van der Waals surface area contributed by atoms with Gasteiger partial charge < -0.3 is 5.32 Å². The zero-order valence-electron chi connectivity index (χ0n) is 12.0. The zero-order valence-corrected chi connectivity index (χ0v) is 12.8. The van der Waals surface area contributed by atoms with Crippen molar-refractivity contribution in [2.75, 3.05) is 6.54 Å². The van der Waals surface area contributed by atoms with E-state index in [0.29, 0.717) is 17.1 Å². The van der Waals surface area contributed by atoms with Crippen LogP contribution < -0.4 is 5.32 Å². The molecule has 0 aliphatic carbocycles. The lowest BCUT2D eigenvalue weighted by atomic mass is 10.2. The van der Waals surface area contributed by atoms with Crippen LogP contribution in [0.15, 0.2) is 18.2 Å². The van der Waals surface area contributed by atoms with Gasteiger partial charge in [0.05, 0.1) is 12.2 Å². The highest BCUT2D eigenvalue weighted by Gasteiger charge is 2.13. The molecular weight excluding hydrogens is 277 g/mol. The van der Waals surface area contributed by atoms with E-state index in [0.717, 1.165) is 24.5 Å². The van der Waals surface area contributed by atoms with Crippen molar-refractivity contribution < 1.29 is 4.39 Å². The second-order valence-electron chi connectivity index (χ2n) is 4.82. The van der Waals surface area contributed by atoms with E-state index >= 15 is 0 Å². The van der Waals surface area contributed by atoms with Gasteiger partial charge >= 0.3 is 0 Å². The maximum absolute atomic E-state index is 13.8. The minimum Gasteiger partial charge on any atom is -0.313 e. The summed E-state index contributed by atoms with van der Waals surface area (Å²) < 4.78 is 15.6. The maximum Gasteiger partial charge on any atom is 0.128 e. The first-order valence-corrected chi connectivity index (χ1v) is 7.08. The van der Waals surface area contributed by atoms with Crippen LogP contribution in [-0.4, -0.2) is 16.3 Å². The summed E-state index contributed by atoms with van der Waals surface area (Å²) in [6.07, 6.45) is 0. The van der Waals surface area contributed by atoms with Gasteiger partial charge in [0.15, 0.2) is 0 Å². The normalized spacial score (nSPS) is 11.1. The third-order valence-corrected chi connectivity index (χ3v) is 3.65. The lowest BCUT2D eigenvalue weighted by Crippen LogP contribution is -2.13. The van der Waals surface area contributed by atoms with Crippen LogP contribution in [-0.2, 0) is 13.1 Å². The van der Waals surface area contributed by atoms with Gasteiger partial charge in [-0.25, -0.2) is 4.39 Å². The molecular formula is C15H19ClFN3. The molecule has 0 fully saturated rings. The van der Waals surface area contributed by atoms with Crippen LogP contribution in [0.2, 0.25) is 5.02 Å².